The predicted molar refractivity (Wildman–Crippen MR) is 181 cm³/mol. The molecule has 53 heavy (non-hydrogen) atoms. The number of ether oxygens (including phenoxy) is 2. The highest BCUT2D eigenvalue weighted by Gasteiger charge is 2.49. The molecule has 1 fully saturated rings. The van der Waals surface area contributed by atoms with Crippen molar-refractivity contribution in [3.63, 3.8) is 0 Å². The highest BCUT2D eigenvalue weighted by Crippen LogP contribution is 2.66. The summed E-state index contributed by atoms with van der Waals surface area (Å²) < 4.78 is 88.2. The Morgan fingerprint density at radius 3 is 2.40 bits per heavy atom. The Morgan fingerprint density at radius 2 is 1.70 bits per heavy atom. The van der Waals surface area contributed by atoms with Crippen LogP contribution in [0.2, 0.25) is 0 Å². The second-order valence-electron chi connectivity index (χ2n) is 11.2. The van der Waals surface area contributed by atoms with Crippen LogP contribution in [0.15, 0.2) is 53.9 Å². The van der Waals surface area contributed by atoms with Gasteiger partial charge in [0, 0.05) is 43.6 Å². The standard InChI is InChI=1S/C25H33N8O16P3S/c1-32(2)16-7-3-6-15-14(16)5-4-8-18(15)53(43,44)31-10-9-27-25(35)47-21-17(11-45-51(39,40)49-52(41,42)48-50(36,37)38)46-24(20(21)34)33-13-30-19-22(26)28-12-29-23(19)33/h3-8,12-13,17,20-21,24,31,34H,9-11H2,1-2H3,(H,27,35)(H,39,40)(H,41,42)(H2,26,28,29)(H2,36,37,38)/t17-,20+,21?,24-/m1/s1. The number of phosphoric ester groups is 1. The Labute approximate surface area is 299 Å². The minimum Gasteiger partial charge on any atom is -0.440 e. The summed E-state index contributed by atoms with van der Waals surface area (Å²) in [6.07, 6.45) is -5.65. The molecule has 0 aliphatic carbocycles. The molecule has 9 N–H and O–H groups in total. The number of imidazole rings is 1. The fraction of sp³-hybridized carbons (Fsp3) is 0.360. The maximum atomic E-state index is 13.2. The molecule has 28 heteroatoms. The number of aliphatic hydroxyl groups is 1. The molecule has 0 bridgehead atoms. The maximum absolute atomic E-state index is 13.2. The summed E-state index contributed by atoms with van der Waals surface area (Å²) in [5.74, 6) is -0.0352. The van der Waals surface area contributed by atoms with Gasteiger partial charge in [0.05, 0.1) is 17.8 Å². The summed E-state index contributed by atoms with van der Waals surface area (Å²) in [4.78, 5) is 63.5. The predicted octanol–water partition coefficient (Wildman–Crippen LogP) is 0.303. The third-order valence-electron chi connectivity index (χ3n) is 7.35. The van der Waals surface area contributed by atoms with Gasteiger partial charge in [-0.1, -0.05) is 24.3 Å². The van der Waals surface area contributed by atoms with Gasteiger partial charge in [-0.15, -0.1) is 0 Å². The van der Waals surface area contributed by atoms with Gasteiger partial charge in [-0.3, -0.25) is 9.09 Å². The van der Waals surface area contributed by atoms with Crippen LogP contribution in [0.1, 0.15) is 6.23 Å². The van der Waals surface area contributed by atoms with E-state index in [1.807, 2.05) is 25.1 Å². The second kappa shape index (κ2) is 15.6. The van der Waals surface area contributed by atoms with Crippen LogP contribution in [0.3, 0.4) is 0 Å². The molecule has 1 amide bonds. The molecule has 24 nitrogen and oxygen atoms in total. The number of aromatic nitrogens is 4. The highest BCUT2D eigenvalue weighted by atomic mass is 32.2. The molecule has 3 heterocycles. The number of nitrogen functional groups attached to an aromatic ring is 1. The summed E-state index contributed by atoms with van der Waals surface area (Å²) in [5, 5.41) is 14.7. The first-order valence-corrected chi connectivity index (χ1v) is 20.9. The monoisotopic (exact) mass is 826 g/mol. The number of phosphoric acid groups is 3. The summed E-state index contributed by atoms with van der Waals surface area (Å²) in [7, 11) is -17.7. The average molecular weight is 827 g/mol. The number of nitrogens with one attached hydrogen (secondary N) is 2. The average Bonchev–Trinajstić information content (AvgIpc) is 3.61. The number of rotatable bonds is 15. The lowest BCUT2D eigenvalue weighted by Gasteiger charge is -2.22. The Balaban J connectivity index is 1.27. The Kier molecular flexibility index (Phi) is 11.9. The SMILES string of the molecule is CN(C)c1cccc2c(S(=O)(=O)NCCNC(=O)OC3[C@@H](COP(=O)(O)OP(=O)(O)OP(=O)(O)O)O[C@@H](n4cnc5c(N)ncnc54)[C@H]3O)cccc12. The summed E-state index contributed by atoms with van der Waals surface area (Å²) >= 11 is 0. The van der Waals surface area contributed by atoms with Gasteiger partial charge in [-0.25, -0.2) is 46.6 Å². The lowest BCUT2D eigenvalue weighted by atomic mass is 10.1. The minimum atomic E-state index is -5.87. The number of fused-ring (bicyclic) bond motifs is 2. The van der Waals surface area contributed by atoms with Crippen LogP contribution < -0.4 is 20.7 Å². The molecule has 2 aromatic heterocycles. The zero-order valence-electron chi connectivity index (χ0n) is 27.3. The van der Waals surface area contributed by atoms with Gasteiger partial charge in [0.2, 0.25) is 10.0 Å². The number of hydrogen-bond donors (Lipinski definition) is 8. The molecular formula is C25H33N8O16P3S. The fourth-order valence-corrected chi connectivity index (χ4v) is 9.52. The number of nitrogens with zero attached hydrogens (tertiary/aromatic N) is 5. The molecule has 1 aliphatic heterocycles. The molecule has 4 aromatic rings. The van der Waals surface area contributed by atoms with Crippen LogP contribution in [0, 0.1) is 0 Å². The smallest absolute Gasteiger partial charge is 0.440 e. The molecule has 1 aliphatic rings. The van der Waals surface area contributed by atoms with Crippen molar-refractivity contribution in [1.82, 2.24) is 29.6 Å². The molecule has 0 radical (unpaired) electrons. The number of hydrogen-bond acceptors (Lipinski definition) is 17. The fourth-order valence-electron chi connectivity index (χ4n) is 5.24. The molecule has 5 rings (SSSR count). The summed E-state index contributed by atoms with van der Waals surface area (Å²) in [5.41, 5.74) is 6.76. The van der Waals surface area contributed by atoms with Gasteiger partial charge in [0.1, 0.15) is 24.1 Å². The van der Waals surface area contributed by atoms with E-state index in [0.29, 0.717) is 10.8 Å². The van der Waals surface area contributed by atoms with Crippen LogP contribution in [0.4, 0.5) is 16.3 Å². The zero-order chi connectivity index (χ0) is 38.9. The third kappa shape index (κ3) is 9.73. The van der Waals surface area contributed by atoms with Crippen LogP contribution in [-0.4, -0.2) is 111 Å². The van der Waals surface area contributed by atoms with Crippen LogP contribution in [0.25, 0.3) is 21.9 Å². The van der Waals surface area contributed by atoms with Crippen molar-refractivity contribution in [2.45, 2.75) is 29.4 Å². The number of nitrogens with two attached hydrogens (primary N) is 1. The summed E-state index contributed by atoms with van der Waals surface area (Å²) in [6, 6.07) is 10.0. The van der Waals surface area contributed by atoms with Crippen LogP contribution in [-0.2, 0) is 46.3 Å². The first-order valence-electron chi connectivity index (χ1n) is 14.9. The zero-order valence-corrected chi connectivity index (χ0v) is 30.8. The Hall–Kier alpha value is -3.64. The molecule has 6 atom stereocenters. The van der Waals surface area contributed by atoms with Crippen molar-refractivity contribution in [3.8, 4) is 0 Å². The number of amides is 1. The number of sulfonamides is 1. The number of carbonyl (C=O) groups excluding carboxylic acids is 1. The van der Waals surface area contributed by atoms with E-state index in [4.69, 9.17) is 25.0 Å². The quantitative estimate of drug-likeness (QED) is 0.0590. The lowest BCUT2D eigenvalue weighted by Crippen LogP contribution is -2.42. The molecule has 290 valence electrons. The highest BCUT2D eigenvalue weighted by molar-refractivity contribution is 7.89. The first-order chi connectivity index (χ1) is 24.7. The van der Waals surface area contributed by atoms with Gasteiger partial charge in [-0.05, 0) is 12.1 Å². The Morgan fingerprint density at radius 1 is 1.00 bits per heavy atom. The van der Waals surface area contributed by atoms with Crippen molar-refractivity contribution in [1.29, 1.82) is 0 Å². The number of benzene rings is 2. The molecule has 0 spiro atoms. The van der Waals surface area contributed by atoms with E-state index in [1.165, 1.54) is 10.6 Å². The largest absolute Gasteiger partial charge is 0.490 e. The lowest BCUT2D eigenvalue weighted by molar-refractivity contribution is -0.0508. The van der Waals surface area contributed by atoms with Gasteiger partial charge in [0.25, 0.3) is 0 Å². The molecule has 3 unspecified atom stereocenters. The van der Waals surface area contributed by atoms with E-state index < -0.39 is 70.7 Å². The van der Waals surface area contributed by atoms with Crippen LogP contribution >= 0.6 is 23.5 Å². The normalized spacial score (nSPS) is 21.6. The van der Waals surface area contributed by atoms with Gasteiger partial charge >= 0.3 is 29.6 Å². The van der Waals surface area contributed by atoms with Crippen molar-refractivity contribution in [2.24, 2.45) is 0 Å². The van der Waals surface area contributed by atoms with E-state index in [9.17, 15) is 41.8 Å². The molecule has 2 aromatic carbocycles. The van der Waals surface area contributed by atoms with E-state index in [1.54, 1.807) is 24.3 Å². The number of carbonyl (C=O) groups is 1. The van der Waals surface area contributed by atoms with Crippen molar-refractivity contribution in [3.05, 3.63) is 49.1 Å². The molecule has 0 saturated carbocycles. The topological polar surface area (TPSA) is 347 Å². The molecule has 1 saturated heterocycles. The summed E-state index contributed by atoms with van der Waals surface area (Å²) in [6.45, 7) is -1.75. The first kappa shape index (κ1) is 40.5. The van der Waals surface area contributed by atoms with E-state index >= 15 is 0 Å². The van der Waals surface area contributed by atoms with Crippen molar-refractivity contribution >= 4 is 73.0 Å². The third-order valence-corrected chi connectivity index (χ3v) is 12.7. The van der Waals surface area contributed by atoms with E-state index in [0.717, 1.165) is 18.3 Å². The number of alkyl carbamates (subject to hydrolysis) is 1. The van der Waals surface area contributed by atoms with E-state index in [-0.39, 0.29) is 35.0 Å². The Bertz CT molecular complexity index is 2260. The van der Waals surface area contributed by atoms with E-state index in [2.05, 4.69) is 38.1 Å². The molecular weight excluding hydrogens is 793 g/mol. The number of anilines is 2. The van der Waals surface area contributed by atoms with Gasteiger partial charge in [0.15, 0.2) is 23.8 Å². The second-order valence-corrected chi connectivity index (χ2v) is 17.4. The minimum absolute atomic E-state index is 0.00330. The van der Waals surface area contributed by atoms with Crippen molar-refractivity contribution < 1.29 is 74.2 Å². The van der Waals surface area contributed by atoms with Crippen molar-refractivity contribution in [2.75, 3.05) is 44.4 Å². The number of aliphatic hydroxyl groups excluding tert-OH is 1. The van der Waals surface area contributed by atoms with Crippen LogP contribution in [0.5, 0.6) is 0 Å². The van der Waals surface area contributed by atoms with Gasteiger partial charge < -0.3 is 50.1 Å². The maximum Gasteiger partial charge on any atom is 0.490 e. The van der Waals surface area contributed by atoms with Gasteiger partial charge in [-0.2, -0.15) is 8.62 Å².